The van der Waals surface area contributed by atoms with Gasteiger partial charge in [0.25, 0.3) is 0 Å². The van der Waals surface area contributed by atoms with Crippen LogP contribution < -0.4 is 10.2 Å². The molecule has 0 radical (unpaired) electrons. The van der Waals surface area contributed by atoms with Gasteiger partial charge >= 0.3 is 5.97 Å². The molecule has 5 nitrogen and oxygen atoms in total. The number of rotatable bonds is 8. The molecule has 0 amide bonds. The van der Waals surface area contributed by atoms with Gasteiger partial charge in [-0.1, -0.05) is 6.92 Å². The third-order valence-electron chi connectivity index (χ3n) is 3.46. The summed E-state index contributed by atoms with van der Waals surface area (Å²) in [5.41, 5.74) is 1.53. The summed E-state index contributed by atoms with van der Waals surface area (Å²) in [5, 5.41) is 12.1. The average molecular weight is 292 g/mol. The van der Waals surface area contributed by atoms with Crippen LogP contribution >= 0.6 is 0 Å². The second-order valence-corrected chi connectivity index (χ2v) is 5.43. The molecule has 1 aromatic carbocycles. The Bertz CT molecular complexity index is 483. The zero-order valence-corrected chi connectivity index (χ0v) is 13.1. The monoisotopic (exact) mass is 292 g/mol. The van der Waals surface area contributed by atoms with Crippen molar-refractivity contribution in [1.29, 1.82) is 0 Å². The van der Waals surface area contributed by atoms with Crippen LogP contribution in [-0.2, 0) is 4.79 Å². The molecule has 5 heteroatoms. The maximum Gasteiger partial charge on any atom is 0.305 e. The van der Waals surface area contributed by atoms with Crippen LogP contribution in [0.1, 0.15) is 37.0 Å². The summed E-state index contributed by atoms with van der Waals surface area (Å²) in [4.78, 5) is 25.4. The molecule has 0 bridgehead atoms. The molecule has 0 spiro atoms. The summed E-state index contributed by atoms with van der Waals surface area (Å²) < 4.78 is 0. The third kappa shape index (κ3) is 5.19. The number of carbonyl (C=O) groups is 2. The highest BCUT2D eigenvalue weighted by molar-refractivity contribution is 6.02. The Kier molecular flexibility index (Phi) is 6.37. The average Bonchev–Trinajstić information content (AvgIpc) is 2.45. The molecule has 2 atom stereocenters. The predicted molar refractivity (Wildman–Crippen MR) is 84.0 cm³/mol. The highest BCUT2D eigenvalue weighted by Gasteiger charge is 2.24. The fourth-order valence-corrected chi connectivity index (χ4v) is 1.99. The second kappa shape index (κ2) is 7.78. The number of nitrogens with zero attached hydrogens (tertiary/aromatic N) is 1. The zero-order chi connectivity index (χ0) is 16.0. The topological polar surface area (TPSA) is 69.6 Å². The van der Waals surface area contributed by atoms with Crippen molar-refractivity contribution in [2.45, 2.75) is 38.8 Å². The van der Waals surface area contributed by atoms with Crippen molar-refractivity contribution in [3.63, 3.8) is 0 Å². The molecule has 21 heavy (non-hydrogen) atoms. The number of carboxylic acid groups (broad SMARTS) is 1. The van der Waals surface area contributed by atoms with Crippen molar-refractivity contribution in [1.82, 2.24) is 5.32 Å². The van der Waals surface area contributed by atoms with Crippen LogP contribution in [0.25, 0.3) is 0 Å². The van der Waals surface area contributed by atoms with E-state index in [1.807, 2.05) is 45.0 Å². The Labute approximate surface area is 126 Å². The lowest BCUT2D eigenvalue weighted by Crippen LogP contribution is -2.43. The fourth-order valence-electron chi connectivity index (χ4n) is 1.99. The first-order chi connectivity index (χ1) is 9.85. The number of Topliss-reactive ketones (excluding diaryl/α,β-unsaturated/α-hetero) is 1. The van der Waals surface area contributed by atoms with Crippen LogP contribution in [0.2, 0.25) is 0 Å². The van der Waals surface area contributed by atoms with Crippen LogP contribution in [-0.4, -0.2) is 43.0 Å². The molecule has 0 heterocycles. The van der Waals surface area contributed by atoms with E-state index < -0.39 is 12.0 Å². The number of carbonyl (C=O) groups excluding carboxylic acids is 1. The van der Waals surface area contributed by atoms with E-state index in [4.69, 9.17) is 5.11 Å². The normalized spacial score (nSPS) is 13.5. The number of carboxylic acids is 1. The largest absolute Gasteiger partial charge is 0.481 e. The molecule has 0 saturated heterocycles. The van der Waals surface area contributed by atoms with Crippen LogP contribution in [0.15, 0.2) is 24.3 Å². The molecule has 2 N–H and O–H groups in total. The fraction of sp³-hybridized carbons (Fsp3) is 0.500. The number of ketones is 1. The SMILES string of the molecule is CCC(C)NC(CC(=O)O)C(=O)c1ccc(N(C)C)cc1. The molecular formula is C16H24N2O3. The number of anilines is 1. The van der Waals surface area contributed by atoms with Crippen LogP contribution in [0.5, 0.6) is 0 Å². The van der Waals surface area contributed by atoms with E-state index in [0.717, 1.165) is 12.1 Å². The van der Waals surface area contributed by atoms with E-state index in [1.54, 1.807) is 12.1 Å². The Balaban J connectivity index is 2.90. The van der Waals surface area contributed by atoms with E-state index in [0.29, 0.717) is 5.56 Å². The van der Waals surface area contributed by atoms with Gasteiger partial charge in [0.2, 0.25) is 0 Å². The number of benzene rings is 1. The lowest BCUT2D eigenvalue weighted by atomic mass is 10.00. The number of hydrogen-bond donors (Lipinski definition) is 2. The summed E-state index contributed by atoms with van der Waals surface area (Å²) in [7, 11) is 3.85. The highest BCUT2D eigenvalue weighted by atomic mass is 16.4. The molecular weight excluding hydrogens is 268 g/mol. The van der Waals surface area contributed by atoms with Gasteiger partial charge in [-0.2, -0.15) is 0 Å². The smallest absolute Gasteiger partial charge is 0.305 e. The maximum atomic E-state index is 12.5. The van der Waals surface area contributed by atoms with Gasteiger partial charge in [-0.3, -0.25) is 9.59 Å². The quantitative estimate of drug-likeness (QED) is 0.719. The van der Waals surface area contributed by atoms with Crippen LogP contribution in [0.4, 0.5) is 5.69 Å². The first kappa shape index (κ1) is 17.2. The first-order valence-electron chi connectivity index (χ1n) is 7.14. The van der Waals surface area contributed by atoms with Crippen LogP contribution in [0, 0.1) is 0 Å². The molecule has 0 aliphatic carbocycles. The molecule has 0 aliphatic rings. The Morgan fingerprint density at radius 1 is 1.24 bits per heavy atom. The minimum atomic E-state index is -0.978. The summed E-state index contributed by atoms with van der Waals surface area (Å²) in [6.07, 6.45) is 0.627. The number of nitrogens with one attached hydrogen (secondary N) is 1. The van der Waals surface area contributed by atoms with Crippen molar-refractivity contribution in [3.8, 4) is 0 Å². The van der Waals surface area contributed by atoms with Crippen molar-refractivity contribution in [3.05, 3.63) is 29.8 Å². The molecule has 1 rings (SSSR count). The van der Waals surface area contributed by atoms with E-state index in [9.17, 15) is 9.59 Å². The van der Waals surface area contributed by atoms with Gasteiger partial charge in [-0.15, -0.1) is 0 Å². The van der Waals surface area contributed by atoms with Gasteiger partial charge in [0.1, 0.15) is 0 Å². The van der Waals surface area contributed by atoms with Gasteiger partial charge in [-0.25, -0.2) is 0 Å². The molecule has 2 unspecified atom stereocenters. The van der Waals surface area contributed by atoms with Gasteiger partial charge in [0.15, 0.2) is 5.78 Å². The number of hydrogen-bond acceptors (Lipinski definition) is 4. The Morgan fingerprint density at radius 3 is 2.24 bits per heavy atom. The lowest BCUT2D eigenvalue weighted by Gasteiger charge is -2.20. The van der Waals surface area contributed by atoms with E-state index in [-0.39, 0.29) is 18.2 Å². The number of aliphatic carboxylic acids is 1. The first-order valence-corrected chi connectivity index (χ1v) is 7.14. The third-order valence-corrected chi connectivity index (χ3v) is 3.46. The van der Waals surface area contributed by atoms with Crippen molar-refractivity contribution >= 4 is 17.4 Å². The van der Waals surface area contributed by atoms with Crippen molar-refractivity contribution in [2.24, 2.45) is 0 Å². The molecule has 0 saturated carbocycles. The Hall–Kier alpha value is -1.88. The molecule has 0 aliphatic heterocycles. The molecule has 116 valence electrons. The molecule has 0 aromatic heterocycles. The standard InChI is InChI=1S/C16H24N2O3/c1-5-11(2)17-14(10-15(19)20)16(21)12-6-8-13(9-7-12)18(3)4/h6-9,11,14,17H,5,10H2,1-4H3,(H,19,20). The Morgan fingerprint density at radius 2 is 1.81 bits per heavy atom. The van der Waals surface area contributed by atoms with Gasteiger partial charge in [-0.05, 0) is 37.6 Å². The van der Waals surface area contributed by atoms with Crippen molar-refractivity contribution < 1.29 is 14.7 Å². The molecule has 1 aromatic rings. The minimum absolute atomic E-state index is 0.0966. The van der Waals surface area contributed by atoms with Crippen molar-refractivity contribution in [2.75, 3.05) is 19.0 Å². The van der Waals surface area contributed by atoms with E-state index >= 15 is 0 Å². The zero-order valence-electron chi connectivity index (χ0n) is 13.1. The summed E-state index contributed by atoms with van der Waals surface area (Å²) >= 11 is 0. The molecule has 0 fully saturated rings. The van der Waals surface area contributed by atoms with E-state index in [1.165, 1.54) is 0 Å². The predicted octanol–water partition coefficient (Wildman–Crippen LogP) is 2.17. The van der Waals surface area contributed by atoms with Gasteiger partial charge in [0, 0.05) is 31.4 Å². The van der Waals surface area contributed by atoms with Gasteiger partial charge in [0.05, 0.1) is 12.5 Å². The summed E-state index contributed by atoms with van der Waals surface area (Å²) in [5.74, 6) is -1.16. The maximum absolute atomic E-state index is 12.5. The lowest BCUT2D eigenvalue weighted by molar-refractivity contribution is -0.137. The van der Waals surface area contributed by atoms with Gasteiger partial charge < -0.3 is 15.3 Å². The minimum Gasteiger partial charge on any atom is -0.481 e. The van der Waals surface area contributed by atoms with E-state index in [2.05, 4.69) is 5.32 Å². The highest BCUT2D eigenvalue weighted by Crippen LogP contribution is 2.15. The summed E-state index contributed by atoms with van der Waals surface area (Å²) in [6, 6.07) is 6.60. The summed E-state index contributed by atoms with van der Waals surface area (Å²) in [6.45, 7) is 3.93. The second-order valence-electron chi connectivity index (χ2n) is 5.43. The van der Waals surface area contributed by atoms with Crippen LogP contribution in [0.3, 0.4) is 0 Å².